The summed E-state index contributed by atoms with van der Waals surface area (Å²) in [6.45, 7) is 4.07. The fraction of sp³-hybridized carbons (Fsp3) is 0.444. The van der Waals surface area contributed by atoms with Crippen LogP contribution in [0.3, 0.4) is 0 Å². The summed E-state index contributed by atoms with van der Waals surface area (Å²) >= 11 is 5.26. The normalized spacial score (nSPS) is 13.7. The molecular weight excluding hydrogens is 392 g/mol. The quantitative estimate of drug-likeness (QED) is 0.498. The van der Waals surface area contributed by atoms with Crippen molar-refractivity contribution < 1.29 is 9.59 Å². The lowest BCUT2D eigenvalue weighted by Gasteiger charge is -2.11. The first kappa shape index (κ1) is 19.2. The van der Waals surface area contributed by atoms with Crippen LogP contribution >= 0.6 is 12.2 Å². The molecule has 0 bridgehead atoms. The number of nitrogens with one attached hydrogen (secondary N) is 2. The fourth-order valence-electron chi connectivity index (χ4n) is 3.52. The van der Waals surface area contributed by atoms with Crippen molar-refractivity contribution in [3.8, 4) is 0 Å². The summed E-state index contributed by atoms with van der Waals surface area (Å²) in [7, 11) is 0. The van der Waals surface area contributed by atoms with E-state index in [9.17, 15) is 9.59 Å². The molecular formula is C18H22N8O2S. The molecule has 0 saturated heterocycles. The van der Waals surface area contributed by atoms with Gasteiger partial charge >= 0.3 is 0 Å². The minimum Gasteiger partial charge on any atom is -0.365 e. The molecule has 3 heterocycles. The third-order valence-corrected chi connectivity index (χ3v) is 5.50. The van der Waals surface area contributed by atoms with Crippen molar-refractivity contribution in [2.75, 3.05) is 0 Å². The number of fused-ring (bicyclic) bond motifs is 1. The molecule has 1 fully saturated rings. The number of nitrogens with zero attached hydrogens (tertiary/aromatic N) is 5. The third kappa shape index (κ3) is 3.65. The summed E-state index contributed by atoms with van der Waals surface area (Å²) < 4.78 is 4.17. The van der Waals surface area contributed by atoms with E-state index in [1.54, 1.807) is 4.52 Å². The minimum absolute atomic E-state index is 0.0848. The molecule has 4 rings (SSSR count). The monoisotopic (exact) mass is 414 g/mol. The second-order valence-electron chi connectivity index (χ2n) is 7.24. The maximum atomic E-state index is 12.4. The molecule has 0 atom stereocenters. The molecule has 0 aliphatic heterocycles. The number of carbonyl (C=O) groups excluding carboxylic acids is 2. The van der Waals surface area contributed by atoms with Gasteiger partial charge in [-0.15, -0.1) is 0 Å². The topological polar surface area (TPSA) is 136 Å². The van der Waals surface area contributed by atoms with E-state index in [1.165, 1.54) is 6.20 Å². The molecule has 0 aromatic carbocycles. The molecule has 29 heavy (non-hydrogen) atoms. The van der Waals surface area contributed by atoms with Crippen LogP contribution in [-0.2, 0) is 17.8 Å². The first-order chi connectivity index (χ1) is 13.9. The molecule has 2 amide bonds. The average molecular weight is 414 g/mol. The zero-order valence-corrected chi connectivity index (χ0v) is 17.0. The Bertz CT molecular complexity index is 1170. The largest absolute Gasteiger partial charge is 0.365 e. The van der Waals surface area contributed by atoms with Crippen molar-refractivity contribution in [2.24, 2.45) is 5.73 Å². The van der Waals surface area contributed by atoms with Crippen molar-refractivity contribution in [3.05, 3.63) is 39.3 Å². The van der Waals surface area contributed by atoms with Gasteiger partial charge in [0.2, 0.25) is 5.91 Å². The van der Waals surface area contributed by atoms with E-state index < -0.39 is 5.91 Å². The molecule has 0 spiro atoms. The highest BCUT2D eigenvalue weighted by molar-refractivity contribution is 7.71. The van der Waals surface area contributed by atoms with Crippen LogP contribution in [0, 0.1) is 18.6 Å². The van der Waals surface area contributed by atoms with E-state index in [-0.39, 0.29) is 11.5 Å². The highest BCUT2D eigenvalue weighted by Crippen LogP contribution is 2.35. The van der Waals surface area contributed by atoms with E-state index in [2.05, 4.69) is 25.6 Å². The SMILES string of the molecule is Cc1nc2c(C(N)=O)cnn2c(C)c1CCC(=O)NCc1n[nH]c(=S)n1C1CC1. The zero-order valence-electron chi connectivity index (χ0n) is 16.2. The fourth-order valence-corrected chi connectivity index (χ4v) is 3.82. The molecule has 11 heteroatoms. The summed E-state index contributed by atoms with van der Waals surface area (Å²) in [5.74, 6) is 0.0951. The van der Waals surface area contributed by atoms with Gasteiger partial charge in [-0.1, -0.05) is 0 Å². The number of rotatable bonds is 7. The summed E-state index contributed by atoms with van der Waals surface area (Å²) in [6, 6.07) is 0.399. The standard InChI is InChI=1S/C18H22N8O2S/c1-9-12(10(2)26-17(22-9)13(7-21-26)16(19)28)5-6-15(27)20-8-14-23-24-18(29)25(14)11-3-4-11/h7,11H,3-6,8H2,1-2H3,(H2,19,28)(H,20,27)(H,24,29). The second kappa shape index (κ2) is 7.39. The Morgan fingerprint density at radius 1 is 1.38 bits per heavy atom. The number of aryl methyl sites for hydroxylation is 2. The Morgan fingerprint density at radius 3 is 2.83 bits per heavy atom. The number of hydrogen-bond acceptors (Lipinski definition) is 6. The maximum Gasteiger partial charge on any atom is 0.254 e. The molecule has 10 nitrogen and oxygen atoms in total. The summed E-state index contributed by atoms with van der Waals surface area (Å²) in [6.07, 6.45) is 4.41. The van der Waals surface area contributed by atoms with Gasteiger partial charge in [-0.3, -0.25) is 19.3 Å². The molecule has 4 N–H and O–H groups in total. The molecule has 1 saturated carbocycles. The van der Waals surface area contributed by atoms with E-state index in [4.69, 9.17) is 18.0 Å². The van der Waals surface area contributed by atoms with Gasteiger partial charge in [0.1, 0.15) is 5.56 Å². The number of H-pyrrole nitrogens is 1. The number of carbonyl (C=O) groups is 2. The lowest BCUT2D eigenvalue weighted by Crippen LogP contribution is -2.25. The summed E-state index contributed by atoms with van der Waals surface area (Å²) in [5.41, 5.74) is 8.60. The van der Waals surface area contributed by atoms with Crippen LogP contribution in [0.2, 0.25) is 0 Å². The van der Waals surface area contributed by atoms with Gasteiger partial charge in [-0.25, -0.2) is 9.50 Å². The molecule has 0 unspecified atom stereocenters. The predicted molar refractivity (Wildman–Crippen MR) is 107 cm³/mol. The van der Waals surface area contributed by atoms with Crippen LogP contribution in [0.4, 0.5) is 0 Å². The maximum absolute atomic E-state index is 12.4. The predicted octanol–water partition coefficient (Wildman–Crippen LogP) is 1.28. The van der Waals surface area contributed by atoms with Gasteiger partial charge in [0.15, 0.2) is 16.2 Å². The Kier molecular flexibility index (Phi) is 4.91. The Balaban J connectivity index is 1.43. The van der Waals surface area contributed by atoms with Crippen LogP contribution in [-0.4, -0.2) is 41.2 Å². The van der Waals surface area contributed by atoms with Gasteiger partial charge in [-0.2, -0.15) is 10.2 Å². The number of amides is 2. The van der Waals surface area contributed by atoms with Crippen molar-refractivity contribution in [1.82, 2.24) is 34.7 Å². The van der Waals surface area contributed by atoms with Crippen molar-refractivity contribution >= 4 is 29.7 Å². The van der Waals surface area contributed by atoms with Gasteiger partial charge in [0.05, 0.1) is 12.7 Å². The zero-order chi connectivity index (χ0) is 20.7. The van der Waals surface area contributed by atoms with E-state index in [0.717, 1.165) is 35.6 Å². The van der Waals surface area contributed by atoms with Gasteiger partial charge < -0.3 is 11.1 Å². The van der Waals surface area contributed by atoms with Gasteiger partial charge in [0.25, 0.3) is 5.91 Å². The highest BCUT2D eigenvalue weighted by Gasteiger charge is 2.27. The highest BCUT2D eigenvalue weighted by atomic mass is 32.1. The molecule has 3 aromatic rings. The number of hydrogen-bond donors (Lipinski definition) is 3. The smallest absolute Gasteiger partial charge is 0.254 e. The summed E-state index contributed by atoms with van der Waals surface area (Å²) in [5, 5.41) is 14.1. The van der Waals surface area contributed by atoms with Gasteiger partial charge in [-0.05, 0) is 50.9 Å². The van der Waals surface area contributed by atoms with Gasteiger partial charge in [0, 0.05) is 23.9 Å². The second-order valence-corrected chi connectivity index (χ2v) is 7.63. The van der Waals surface area contributed by atoms with E-state index in [1.807, 2.05) is 18.4 Å². The first-order valence-corrected chi connectivity index (χ1v) is 9.83. The van der Waals surface area contributed by atoms with Crippen LogP contribution in [0.25, 0.3) is 5.65 Å². The molecule has 1 aliphatic carbocycles. The van der Waals surface area contributed by atoms with Crippen LogP contribution in [0.1, 0.15) is 58.4 Å². The number of primary amides is 1. The van der Waals surface area contributed by atoms with Crippen LogP contribution in [0.15, 0.2) is 6.20 Å². The number of nitrogens with two attached hydrogens (primary N) is 1. The lowest BCUT2D eigenvalue weighted by molar-refractivity contribution is -0.121. The average Bonchev–Trinajstić information content (AvgIpc) is 3.30. The minimum atomic E-state index is -0.567. The molecule has 3 aromatic heterocycles. The van der Waals surface area contributed by atoms with E-state index >= 15 is 0 Å². The molecule has 152 valence electrons. The van der Waals surface area contributed by atoms with Crippen LogP contribution in [0.5, 0.6) is 0 Å². The Hall–Kier alpha value is -3.08. The number of aromatic amines is 1. The van der Waals surface area contributed by atoms with Crippen molar-refractivity contribution in [2.45, 2.75) is 52.1 Å². The molecule has 0 radical (unpaired) electrons. The Morgan fingerprint density at radius 2 is 2.14 bits per heavy atom. The van der Waals surface area contributed by atoms with E-state index in [0.29, 0.717) is 35.8 Å². The summed E-state index contributed by atoms with van der Waals surface area (Å²) in [4.78, 5) is 28.4. The first-order valence-electron chi connectivity index (χ1n) is 9.43. The Labute approximate surface area is 171 Å². The molecule has 1 aliphatic rings. The third-order valence-electron chi connectivity index (χ3n) is 5.21. The number of aromatic nitrogens is 6. The van der Waals surface area contributed by atoms with Crippen molar-refractivity contribution in [1.29, 1.82) is 0 Å². The van der Waals surface area contributed by atoms with Crippen LogP contribution < -0.4 is 11.1 Å². The lowest BCUT2D eigenvalue weighted by atomic mass is 10.1. The van der Waals surface area contributed by atoms with Crippen molar-refractivity contribution in [3.63, 3.8) is 0 Å².